The maximum absolute atomic E-state index is 12.3. The van der Waals surface area contributed by atoms with Gasteiger partial charge in [0.25, 0.3) is 0 Å². The van der Waals surface area contributed by atoms with Gasteiger partial charge in [-0.1, -0.05) is 57.2 Å². The van der Waals surface area contributed by atoms with Crippen LogP contribution in [0.3, 0.4) is 0 Å². The predicted octanol–water partition coefficient (Wildman–Crippen LogP) is 5.64. The molecule has 156 valence electrons. The Morgan fingerprint density at radius 3 is 2.53 bits per heavy atom. The molecule has 5 nitrogen and oxygen atoms in total. The Bertz CT molecular complexity index is 1020. The molecule has 2 heterocycles. The molecule has 1 aromatic heterocycles. The minimum absolute atomic E-state index is 0.0918. The standard InChI is InChI=1S/C24H28N4OS/c1-24(2,3)19-8-10-20(11-9-19)25-22(29)27-23-26-21(16-30-23)15-28-13-12-17-6-4-5-7-18(17)14-28/h4-11,16H,12-15H2,1-3H3,(H2,25,26,27,29). The highest BCUT2D eigenvalue weighted by Gasteiger charge is 2.17. The number of thiazole rings is 1. The van der Waals surface area contributed by atoms with Gasteiger partial charge >= 0.3 is 6.03 Å². The molecule has 0 radical (unpaired) electrons. The first-order chi connectivity index (χ1) is 14.4. The normalized spacial score (nSPS) is 14.2. The zero-order valence-electron chi connectivity index (χ0n) is 17.7. The molecule has 6 heteroatoms. The molecular weight excluding hydrogens is 392 g/mol. The highest BCUT2D eigenvalue weighted by molar-refractivity contribution is 7.13. The number of hydrogen-bond acceptors (Lipinski definition) is 4. The van der Waals surface area contributed by atoms with E-state index < -0.39 is 0 Å². The van der Waals surface area contributed by atoms with Crippen LogP contribution >= 0.6 is 11.3 Å². The van der Waals surface area contributed by atoms with Gasteiger partial charge in [-0.05, 0) is 40.7 Å². The van der Waals surface area contributed by atoms with E-state index in [1.54, 1.807) is 0 Å². The summed E-state index contributed by atoms with van der Waals surface area (Å²) in [6.45, 7) is 9.28. The van der Waals surface area contributed by atoms with E-state index in [2.05, 4.69) is 65.6 Å². The van der Waals surface area contributed by atoms with E-state index >= 15 is 0 Å². The summed E-state index contributed by atoms with van der Waals surface area (Å²) in [6, 6.07) is 16.3. The van der Waals surface area contributed by atoms with Crippen molar-refractivity contribution in [2.24, 2.45) is 0 Å². The molecule has 2 aromatic carbocycles. The summed E-state index contributed by atoms with van der Waals surface area (Å²) in [4.78, 5) is 19.3. The van der Waals surface area contributed by atoms with Gasteiger partial charge in [-0.15, -0.1) is 11.3 Å². The van der Waals surface area contributed by atoms with Gasteiger partial charge in [-0.25, -0.2) is 9.78 Å². The van der Waals surface area contributed by atoms with E-state index in [9.17, 15) is 4.79 Å². The smallest absolute Gasteiger partial charge is 0.308 e. The summed E-state index contributed by atoms with van der Waals surface area (Å²) < 4.78 is 0. The summed E-state index contributed by atoms with van der Waals surface area (Å²) in [5.41, 5.74) is 5.93. The van der Waals surface area contributed by atoms with Crippen LogP contribution < -0.4 is 10.6 Å². The van der Waals surface area contributed by atoms with Gasteiger partial charge < -0.3 is 5.32 Å². The van der Waals surface area contributed by atoms with Crippen LogP contribution in [0.4, 0.5) is 15.6 Å². The average Bonchev–Trinajstić information content (AvgIpc) is 3.14. The number of hydrogen-bond donors (Lipinski definition) is 2. The second-order valence-corrected chi connectivity index (χ2v) is 9.64. The molecule has 2 amide bonds. The van der Waals surface area contributed by atoms with E-state index in [0.29, 0.717) is 5.13 Å². The first-order valence-corrected chi connectivity index (χ1v) is 11.2. The van der Waals surface area contributed by atoms with Crippen molar-refractivity contribution in [3.8, 4) is 0 Å². The van der Waals surface area contributed by atoms with Crippen LogP contribution in [0.2, 0.25) is 0 Å². The molecule has 1 aliphatic heterocycles. The first kappa shape index (κ1) is 20.6. The number of nitrogens with one attached hydrogen (secondary N) is 2. The molecule has 1 aliphatic rings. The fourth-order valence-corrected chi connectivity index (χ4v) is 4.36. The highest BCUT2D eigenvalue weighted by Crippen LogP contribution is 2.24. The minimum atomic E-state index is -0.272. The van der Waals surface area contributed by atoms with Crippen molar-refractivity contribution >= 4 is 28.2 Å². The lowest BCUT2D eigenvalue weighted by molar-refractivity contribution is 0.243. The summed E-state index contributed by atoms with van der Waals surface area (Å²) in [5, 5.41) is 8.36. The number of urea groups is 1. The Hall–Kier alpha value is -2.70. The quantitative estimate of drug-likeness (QED) is 0.574. The third-order valence-corrected chi connectivity index (χ3v) is 6.18. The molecule has 4 rings (SSSR count). The van der Waals surface area contributed by atoms with Crippen LogP contribution in [0.25, 0.3) is 0 Å². The lowest BCUT2D eigenvalue weighted by atomic mass is 9.87. The van der Waals surface area contributed by atoms with Crippen molar-refractivity contribution in [3.05, 3.63) is 76.3 Å². The van der Waals surface area contributed by atoms with Crippen LogP contribution in [-0.2, 0) is 24.9 Å². The molecule has 0 unspecified atom stereocenters. The Balaban J connectivity index is 1.31. The monoisotopic (exact) mass is 420 g/mol. The van der Waals surface area contributed by atoms with Crippen molar-refractivity contribution < 1.29 is 4.79 Å². The third kappa shape index (κ3) is 5.07. The summed E-state index contributed by atoms with van der Waals surface area (Å²) in [5.74, 6) is 0. The van der Waals surface area contributed by atoms with Crippen LogP contribution in [0.5, 0.6) is 0 Å². The van der Waals surface area contributed by atoms with Gasteiger partial charge in [0.15, 0.2) is 5.13 Å². The highest BCUT2D eigenvalue weighted by atomic mass is 32.1. The second-order valence-electron chi connectivity index (χ2n) is 8.78. The Morgan fingerprint density at radius 2 is 1.80 bits per heavy atom. The van der Waals surface area contributed by atoms with Crippen LogP contribution in [0.15, 0.2) is 53.9 Å². The Labute approximate surface area is 182 Å². The van der Waals surface area contributed by atoms with Gasteiger partial charge in [0.05, 0.1) is 5.69 Å². The molecule has 0 bridgehead atoms. The lowest BCUT2D eigenvalue weighted by Gasteiger charge is -2.27. The number of benzene rings is 2. The third-order valence-electron chi connectivity index (χ3n) is 5.38. The number of carbonyl (C=O) groups is 1. The largest absolute Gasteiger partial charge is 0.325 e. The van der Waals surface area contributed by atoms with Crippen molar-refractivity contribution in [2.45, 2.75) is 45.7 Å². The number of aromatic nitrogens is 1. The van der Waals surface area contributed by atoms with Crippen LogP contribution in [0, 0.1) is 0 Å². The average molecular weight is 421 g/mol. The molecule has 0 spiro atoms. The molecule has 3 aromatic rings. The fourth-order valence-electron chi connectivity index (χ4n) is 3.67. The second kappa shape index (κ2) is 8.58. The molecule has 0 atom stereocenters. The fraction of sp³-hybridized carbons (Fsp3) is 0.333. The number of nitrogens with zero attached hydrogens (tertiary/aromatic N) is 2. The van der Waals surface area contributed by atoms with Crippen LogP contribution in [-0.4, -0.2) is 22.5 Å². The minimum Gasteiger partial charge on any atom is -0.308 e. The molecule has 0 fully saturated rings. The topological polar surface area (TPSA) is 57.3 Å². The molecule has 0 saturated heterocycles. The number of rotatable bonds is 4. The summed E-state index contributed by atoms with van der Waals surface area (Å²) in [6.07, 6.45) is 1.07. The van der Waals surface area contributed by atoms with Crippen molar-refractivity contribution in [1.82, 2.24) is 9.88 Å². The first-order valence-electron chi connectivity index (χ1n) is 10.3. The van der Waals surface area contributed by atoms with Gasteiger partial charge in [-0.2, -0.15) is 0 Å². The maximum Gasteiger partial charge on any atom is 0.325 e. The number of fused-ring (bicyclic) bond motifs is 1. The summed E-state index contributed by atoms with van der Waals surface area (Å²) in [7, 11) is 0. The zero-order valence-corrected chi connectivity index (χ0v) is 18.6. The molecule has 30 heavy (non-hydrogen) atoms. The predicted molar refractivity (Wildman–Crippen MR) is 124 cm³/mol. The molecular formula is C24H28N4OS. The van der Waals surface area contributed by atoms with Crippen molar-refractivity contribution in [1.29, 1.82) is 0 Å². The van der Waals surface area contributed by atoms with Gasteiger partial charge in [0.2, 0.25) is 0 Å². The molecule has 2 N–H and O–H groups in total. The number of amides is 2. The van der Waals surface area contributed by atoms with E-state index in [1.807, 2.05) is 29.6 Å². The Kier molecular flexibility index (Phi) is 5.88. The molecule has 0 aliphatic carbocycles. The van der Waals surface area contributed by atoms with E-state index in [-0.39, 0.29) is 11.4 Å². The van der Waals surface area contributed by atoms with E-state index in [0.717, 1.165) is 37.4 Å². The number of anilines is 2. The van der Waals surface area contributed by atoms with Crippen molar-refractivity contribution in [3.63, 3.8) is 0 Å². The van der Waals surface area contributed by atoms with Crippen molar-refractivity contribution in [2.75, 3.05) is 17.2 Å². The van der Waals surface area contributed by atoms with E-state index in [1.165, 1.54) is 28.0 Å². The van der Waals surface area contributed by atoms with Crippen LogP contribution in [0.1, 0.15) is 43.2 Å². The SMILES string of the molecule is CC(C)(C)c1ccc(NC(=O)Nc2nc(CN3CCc4ccccc4C3)cs2)cc1. The van der Waals surface area contributed by atoms with Gasteiger partial charge in [0.1, 0.15) is 0 Å². The van der Waals surface area contributed by atoms with Gasteiger partial charge in [-0.3, -0.25) is 10.2 Å². The van der Waals surface area contributed by atoms with E-state index in [4.69, 9.17) is 0 Å². The molecule has 0 saturated carbocycles. The zero-order chi connectivity index (χ0) is 21.1. The number of carbonyl (C=O) groups excluding carboxylic acids is 1. The summed E-state index contributed by atoms with van der Waals surface area (Å²) >= 11 is 1.46. The lowest BCUT2D eigenvalue weighted by Crippen LogP contribution is -2.30. The Morgan fingerprint density at radius 1 is 1.07 bits per heavy atom. The van der Waals surface area contributed by atoms with Gasteiger partial charge in [0, 0.05) is 30.7 Å². The maximum atomic E-state index is 12.3.